The second-order valence-corrected chi connectivity index (χ2v) is 3.11. The van der Waals surface area contributed by atoms with E-state index in [1.807, 2.05) is 37.1 Å². The lowest BCUT2D eigenvalue weighted by Gasteiger charge is -1.90. The molecule has 0 bridgehead atoms. The third kappa shape index (κ3) is 0.897. The lowest BCUT2D eigenvalue weighted by atomic mass is 10.4. The van der Waals surface area contributed by atoms with Gasteiger partial charge in [-0.05, 0) is 13.8 Å². The number of hydrogen-bond donors (Lipinski definition) is 0. The maximum atomic E-state index is 4.40. The highest BCUT2D eigenvalue weighted by Gasteiger charge is 2.09. The number of aryl methyl sites for hydroxylation is 3. The van der Waals surface area contributed by atoms with E-state index in [0.29, 0.717) is 0 Å². The Balaban J connectivity index is 2.88. The van der Waals surface area contributed by atoms with Crippen LogP contribution in [0.25, 0.3) is 5.65 Å². The normalized spacial score (nSPS) is 10.9. The van der Waals surface area contributed by atoms with E-state index in [1.54, 1.807) is 0 Å². The molecule has 2 rings (SSSR count). The Morgan fingerprint density at radius 1 is 1.42 bits per heavy atom. The van der Waals surface area contributed by atoms with Gasteiger partial charge in [-0.1, -0.05) is 0 Å². The maximum absolute atomic E-state index is 4.40. The van der Waals surface area contributed by atoms with Gasteiger partial charge in [0.1, 0.15) is 5.69 Å². The molecule has 62 valence electrons. The average Bonchev–Trinajstić information content (AvgIpc) is 2.31. The molecule has 0 aliphatic heterocycles. The predicted molar refractivity (Wildman–Crippen MR) is 45.8 cm³/mol. The van der Waals surface area contributed by atoms with Crippen molar-refractivity contribution in [2.75, 3.05) is 0 Å². The second kappa shape index (κ2) is 2.30. The third-order valence-corrected chi connectivity index (χ3v) is 2.17. The van der Waals surface area contributed by atoms with E-state index < -0.39 is 0 Å². The van der Waals surface area contributed by atoms with Gasteiger partial charge in [0.05, 0.1) is 18.9 Å². The lowest BCUT2D eigenvalue weighted by molar-refractivity contribution is -0.675. The molecule has 0 aliphatic rings. The van der Waals surface area contributed by atoms with Crippen LogP contribution in [-0.2, 0) is 7.05 Å². The van der Waals surface area contributed by atoms with Crippen LogP contribution < -0.4 is 4.57 Å². The summed E-state index contributed by atoms with van der Waals surface area (Å²) in [6, 6.07) is 2.01. The summed E-state index contributed by atoms with van der Waals surface area (Å²) in [6.07, 6.45) is 4.03. The van der Waals surface area contributed by atoms with Gasteiger partial charge in [0, 0.05) is 6.07 Å². The van der Waals surface area contributed by atoms with Gasteiger partial charge in [0.15, 0.2) is 0 Å². The predicted octanol–water partition coefficient (Wildman–Crippen LogP) is 0.776. The van der Waals surface area contributed by atoms with Gasteiger partial charge >= 0.3 is 0 Å². The molecule has 2 heterocycles. The molecule has 0 amide bonds. The van der Waals surface area contributed by atoms with Crippen LogP contribution in [0.2, 0.25) is 0 Å². The van der Waals surface area contributed by atoms with E-state index in [0.717, 1.165) is 11.3 Å². The molecular weight excluding hydrogens is 150 g/mol. The monoisotopic (exact) mass is 162 g/mol. The molecule has 3 nitrogen and oxygen atoms in total. The molecule has 2 aromatic heterocycles. The fourth-order valence-electron chi connectivity index (χ4n) is 1.32. The summed E-state index contributed by atoms with van der Waals surface area (Å²) >= 11 is 0. The van der Waals surface area contributed by atoms with Gasteiger partial charge in [-0.3, -0.25) is 0 Å². The molecule has 0 spiro atoms. The molecule has 0 saturated carbocycles. The summed E-state index contributed by atoms with van der Waals surface area (Å²) in [5.41, 5.74) is 3.32. The van der Waals surface area contributed by atoms with E-state index in [1.165, 1.54) is 5.69 Å². The second-order valence-electron chi connectivity index (χ2n) is 3.11. The van der Waals surface area contributed by atoms with Crippen LogP contribution in [-0.4, -0.2) is 9.38 Å². The molecule has 0 atom stereocenters. The van der Waals surface area contributed by atoms with Crippen LogP contribution in [0.5, 0.6) is 0 Å². The van der Waals surface area contributed by atoms with Crippen molar-refractivity contribution in [1.82, 2.24) is 9.38 Å². The van der Waals surface area contributed by atoms with Crippen molar-refractivity contribution < 1.29 is 4.57 Å². The van der Waals surface area contributed by atoms with Crippen molar-refractivity contribution in [1.29, 1.82) is 0 Å². The van der Waals surface area contributed by atoms with Crippen LogP contribution in [0.4, 0.5) is 0 Å². The number of hydrogen-bond acceptors (Lipinski definition) is 1. The Morgan fingerprint density at radius 2 is 2.17 bits per heavy atom. The Bertz CT molecular complexity index is 429. The standard InChI is InChI=1S/C9H12N3/c1-7-8(2)12-6-11(3)5-4-9(12)10-7/h4-6H,1-3H3/q+1. The van der Waals surface area contributed by atoms with E-state index in [-0.39, 0.29) is 0 Å². The Hall–Kier alpha value is -1.38. The molecule has 0 unspecified atom stereocenters. The van der Waals surface area contributed by atoms with Crippen molar-refractivity contribution in [2.24, 2.45) is 7.05 Å². The van der Waals surface area contributed by atoms with Crippen LogP contribution >= 0.6 is 0 Å². The molecule has 0 aromatic carbocycles. The summed E-state index contributed by atoms with van der Waals surface area (Å²) in [4.78, 5) is 4.40. The number of nitrogens with zero attached hydrogens (tertiary/aromatic N) is 3. The molecule has 0 N–H and O–H groups in total. The first kappa shape index (κ1) is 7.28. The zero-order valence-corrected chi connectivity index (χ0v) is 7.57. The third-order valence-electron chi connectivity index (χ3n) is 2.17. The SMILES string of the molecule is Cc1nc2cc[n+](C)cn2c1C. The van der Waals surface area contributed by atoms with Gasteiger partial charge in [0.2, 0.25) is 12.0 Å². The molecule has 0 saturated heterocycles. The van der Waals surface area contributed by atoms with Crippen molar-refractivity contribution in [3.05, 3.63) is 30.0 Å². The number of fused-ring (bicyclic) bond motifs is 1. The first-order valence-corrected chi connectivity index (χ1v) is 3.99. The number of rotatable bonds is 0. The van der Waals surface area contributed by atoms with Crippen LogP contribution in [0, 0.1) is 13.8 Å². The van der Waals surface area contributed by atoms with Gasteiger partial charge in [0.25, 0.3) is 0 Å². The largest absolute Gasteiger partial charge is 0.250 e. The molecule has 0 aliphatic carbocycles. The zero-order chi connectivity index (χ0) is 8.72. The van der Waals surface area contributed by atoms with Crippen molar-refractivity contribution >= 4 is 5.65 Å². The minimum absolute atomic E-state index is 1.02. The maximum Gasteiger partial charge on any atom is 0.250 e. The fourth-order valence-corrected chi connectivity index (χ4v) is 1.32. The van der Waals surface area contributed by atoms with Gasteiger partial charge in [-0.15, -0.1) is 0 Å². The molecule has 3 heteroatoms. The highest BCUT2D eigenvalue weighted by atomic mass is 15.1. The van der Waals surface area contributed by atoms with E-state index in [2.05, 4.69) is 16.3 Å². The summed E-state index contributed by atoms with van der Waals surface area (Å²) in [5, 5.41) is 0. The van der Waals surface area contributed by atoms with Crippen molar-refractivity contribution in [3.8, 4) is 0 Å². The Kier molecular flexibility index (Phi) is 1.40. The first-order chi connectivity index (χ1) is 5.68. The summed E-state index contributed by atoms with van der Waals surface area (Å²) in [7, 11) is 2.01. The summed E-state index contributed by atoms with van der Waals surface area (Å²) < 4.78 is 4.11. The van der Waals surface area contributed by atoms with Crippen LogP contribution in [0.15, 0.2) is 18.6 Å². The van der Waals surface area contributed by atoms with Gasteiger partial charge < -0.3 is 0 Å². The molecular formula is C9H12N3+. The van der Waals surface area contributed by atoms with Gasteiger partial charge in [-0.2, -0.15) is 4.40 Å². The molecule has 0 fully saturated rings. The summed E-state index contributed by atoms with van der Waals surface area (Å²) in [6.45, 7) is 4.11. The highest BCUT2D eigenvalue weighted by Crippen LogP contribution is 2.07. The molecule has 2 aromatic rings. The lowest BCUT2D eigenvalue weighted by Crippen LogP contribution is -2.28. The van der Waals surface area contributed by atoms with Crippen molar-refractivity contribution in [2.45, 2.75) is 13.8 Å². The zero-order valence-electron chi connectivity index (χ0n) is 7.57. The van der Waals surface area contributed by atoms with E-state index in [4.69, 9.17) is 0 Å². The summed E-state index contributed by atoms with van der Waals surface area (Å²) in [5.74, 6) is 0. The number of aromatic nitrogens is 3. The Morgan fingerprint density at radius 3 is 2.92 bits per heavy atom. The minimum Gasteiger partial charge on any atom is -0.243 e. The smallest absolute Gasteiger partial charge is 0.243 e. The number of imidazole rings is 1. The average molecular weight is 162 g/mol. The van der Waals surface area contributed by atoms with E-state index in [9.17, 15) is 0 Å². The molecule has 12 heavy (non-hydrogen) atoms. The first-order valence-electron chi connectivity index (χ1n) is 3.99. The fraction of sp³-hybridized carbons (Fsp3) is 0.333. The minimum atomic E-state index is 1.02. The highest BCUT2D eigenvalue weighted by molar-refractivity contribution is 5.40. The van der Waals surface area contributed by atoms with Crippen LogP contribution in [0.1, 0.15) is 11.4 Å². The van der Waals surface area contributed by atoms with Crippen LogP contribution in [0.3, 0.4) is 0 Å². The van der Waals surface area contributed by atoms with Crippen molar-refractivity contribution in [3.63, 3.8) is 0 Å². The topological polar surface area (TPSA) is 21.2 Å². The Labute approximate surface area is 71.3 Å². The quantitative estimate of drug-likeness (QED) is 0.524. The molecule has 0 radical (unpaired) electrons. The van der Waals surface area contributed by atoms with E-state index >= 15 is 0 Å². The van der Waals surface area contributed by atoms with Gasteiger partial charge in [-0.25, -0.2) is 9.55 Å².